The van der Waals surface area contributed by atoms with Gasteiger partial charge in [-0.2, -0.15) is 0 Å². The van der Waals surface area contributed by atoms with E-state index in [4.69, 9.17) is 10.2 Å². The van der Waals surface area contributed by atoms with Crippen molar-refractivity contribution in [1.82, 2.24) is 4.90 Å². The van der Waals surface area contributed by atoms with Gasteiger partial charge < -0.3 is 10.2 Å². The molecule has 1 aliphatic rings. The summed E-state index contributed by atoms with van der Waals surface area (Å²) in [4.78, 5) is 2.56. The summed E-state index contributed by atoms with van der Waals surface area (Å²) in [6, 6.07) is 4.84. The quantitative estimate of drug-likeness (QED) is 0.754. The minimum atomic E-state index is 0.652. The van der Waals surface area contributed by atoms with Crippen LogP contribution in [0.3, 0.4) is 0 Å². The van der Waals surface area contributed by atoms with Crippen molar-refractivity contribution in [3.8, 4) is 0 Å². The van der Waals surface area contributed by atoms with Crippen LogP contribution in [0, 0.1) is 5.92 Å². The van der Waals surface area contributed by atoms with Gasteiger partial charge in [-0.05, 0) is 56.8 Å². The zero-order valence-electron chi connectivity index (χ0n) is 10.8. The van der Waals surface area contributed by atoms with Crippen LogP contribution < -0.4 is 5.73 Å². The van der Waals surface area contributed by atoms with E-state index in [9.17, 15) is 0 Å². The number of nitrogens with zero attached hydrogens (tertiary/aromatic N) is 1. The zero-order chi connectivity index (χ0) is 12.1. The van der Waals surface area contributed by atoms with E-state index in [2.05, 4.69) is 17.9 Å². The lowest BCUT2D eigenvalue weighted by atomic mass is 10.1. The molecule has 2 N–H and O–H groups in total. The minimum Gasteiger partial charge on any atom is -0.468 e. The number of rotatable bonds is 8. The molecule has 1 aromatic rings. The van der Waals surface area contributed by atoms with Crippen LogP contribution in [0.5, 0.6) is 0 Å². The molecular formula is C14H24N2O. The summed E-state index contributed by atoms with van der Waals surface area (Å²) < 4.78 is 5.43. The van der Waals surface area contributed by atoms with Crippen LogP contribution in [0.2, 0.25) is 0 Å². The second kappa shape index (κ2) is 6.22. The predicted octanol–water partition coefficient (Wildman–Crippen LogP) is 2.62. The molecule has 3 nitrogen and oxygen atoms in total. The molecule has 96 valence electrons. The highest BCUT2D eigenvalue weighted by atomic mass is 16.3. The average Bonchev–Trinajstić information content (AvgIpc) is 3.06. The second-order valence-electron chi connectivity index (χ2n) is 5.26. The van der Waals surface area contributed by atoms with Crippen molar-refractivity contribution in [1.29, 1.82) is 0 Å². The van der Waals surface area contributed by atoms with Gasteiger partial charge >= 0.3 is 0 Å². The van der Waals surface area contributed by atoms with Crippen molar-refractivity contribution >= 4 is 0 Å². The number of nitrogens with two attached hydrogens (primary N) is 1. The average molecular weight is 236 g/mol. The summed E-state index contributed by atoms with van der Waals surface area (Å²) >= 11 is 0. The Bertz CT molecular complexity index is 306. The molecule has 0 saturated heterocycles. The number of hydrogen-bond donors (Lipinski definition) is 1. The summed E-state index contributed by atoms with van der Waals surface area (Å²) in [5.74, 6) is 1.74. The van der Waals surface area contributed by atoms with E-state index in [1.54, 1.807) is 6.26 Å². The summed E-state index contributed by atoms with van der Waals surface area (Å²) in [5, 5.41) is 0. The third-order valence-corrected chi connectivity index (χ3v) is 3.55. The van der Waals surface area contributed by atoms with Gasteiger partial charge in [-0.1, -0.05) is 6.92 Å². The maximum atomic E-state index is 5.64. The van der Waals surface area contributed by atoms with Crippen LogP contribution in [-0.4, -0.2) is 24.0 Å². The molecule has 0 spiro atoms. The third kappa shape index (κ3) is 4.17. The Morgan fingerprint density at radius 3 is 2.94 bits per heavy atom. The Morgan fingerprint density at radius 1 is 1.53 bits per heavy atom. The van der Waals surface area contributed by atoms with Crippen molar-refractivity contribution in [3.63, 3.8) is 0 Å². The van der Waals surface area contributed by atoms with Gasteiger partial charge in [-0.3, -0.25) is 4.90 Å². The molecule has 1 saturated carbocycles. The van der Waals surface area contributed by atoms with Gasteiger partial charge in [-0.25, -0.2) is 0 Å². The van der Waals surface area contributed by atoms with Crippen molar-refractivity contribution in [2.24, 2.45) is 11.7 Å². The maximum absolute atomic E-state index is 5.64. The van der Waals surface area contributed by atoms with Gasteiger partial charge in [0.15, 0.2) is 0 Å². The van der Waals surface area contributed by atoms with Gasteiger partial charge in [0, 0.05) is 6.04 Å². The normalized spacial score (nSPS) is 17.6. The Balaban J connectivity index is 1.73. The number of furan rings is 1. The molecule has 1 aliphatic carbocycles. The van der Waals surface area contributed by atoms with Crippen LogP contribution >= 0.6 is 0 Å². The molecule has 1 atom stereocenters. The number of hydrogen-bond acceptors (Lipinski definition) is 3. The molecule has 0 aromatic carbocycles. The molecule has 0 radical (unpaired) electrons. The van der Waals surface area contributed by atoms with Crippen LogP contribution in [0.4, 0.5) is 0 Å². The topological polar surface area (TPSA) is 42.4 Å². The van der Waals surface area contributed by atoms with Gasteiger partial charge in [0.1, 0.15) is 5.76 Å². The predicted molar refractivity (Wildman–Crippen MR) is 69.6 cm³/mol. The summed E-state index contributed by atoms with van der Waals surface area (Å²) in [5.41, 5.74) is 5.64. The molecule has 17 heavy (non-hydrogen) atoms. The van der Waals surface area contributed by atoms with E-state index < -0.39 is 0 Å². The second-order valence-corrected chi connectivity index (χ2v) is 5.26. The van der Waals surface area contributed by atoms with Crippen LogP contribution in [-0.2, 0) is 6.54 Å². The molecule has 1 aromatic heterocycles. The van der Waals surface area contributed by atoms with Crippen molar-refractivity contribution in [2.45, 2.75) is 45.2 Å². The Morgan fingerprint density at radius 2 is 2.35 bits per heavy atom. The van der Waals surface area contributed by atoms with Crippen LogP contribution in [0.1, 0.15) is 38.4 Å². The van der Waals surface area contributed by atoms with E-state index in [1.165, 1.54) is 32.2 Å². The lowest BCUT2D eigenvalue weighted by molar-refractivity contribution is 0.225. The minimum absolute atomic E-state index is 0.652. The van der Waals surface area contributed by atoms with E-state index >= 15 is 0 Å². The first-order valence-electron chi connectivity index (χ1n) is 6.76. The molecule has 1 unspecified atom stereocenters. The molecule has 0 amide bonds. The highest BCUT2D eigenvalue weighted by Crippen LogP contribution is 2.28. The first-order valence-corrected chi connectivity index (χ1v) is 6.76. The first kappa shape index (κ1) is 12.7. The van der Waals surface area contributed by atoms with Gasteiger partial charge in [0.2, 0.25) is 0 Å². The van der Waals surface area contributed by atoms with Crippen molar-refractivity contribution in [3.05, 3.63) is 24.2 Å². The largest absolute Gasteiger partial charge is 0.468 e. The standard InChI is InChI=1S/C14H24N2O/c1-12(10-15)4-2-8-16(13-6-7-13)11-14-5-3-9-17-14/h3,5,9,12-13H,2,4,6-8,10-11,15H2,1H3. The lowest BCUT2D eigenvalue weighted by Gasteiger charge is -2.21. The van der Waals surface area contributed by atoms with E-state index in [1.807, 2.05) is 6.07 Å². The summed E-state index contributed by atoms with van der Waals surface area (Å²) in [7, 11) is 0. The van der Waals surface area contributed by atoms with Gasteiger partial charge in [-0.15, -0.1) is 0 Å². The molecule has 2 rings (SSSR count). The summed E-state index contributed by atoms with van der Waals surface area (Å²) in [6.07, 6.45) is 6.95. The Kier molecular flexibility index (Phi) is 4.63. The SMILES string of the molecule is CC(CN)CCCN(Cc1ccco1)C1CC1. The molecule has 0 aliphatic heterocycles. The Hall–Kier alpha value is -0.800. The fourth-order valence-electron chi connectivity index (χ4n) is 2.19. The van der Waals surface area contributed by atoms with Crippen molar-refractivity contribution < 1.29 is 4.42 Å². The highest BCUT2D eigenvalue weighted by Gasteiger charge is 2.28. The molecule has 3 heteroatoms. The van der Waals surface area contributed by atoms with Gasteiger partial charge in [0.05, 0.1) is 12.8 Å². The lowest BCUT2D eigenvalue weighted by Crippen LogP contribution is -2.27. The highest BCUT2D eigenvalue weighted by molar-refractivity contribution is 4.99. The maximum Gasteiger partial charge on any atom is 0.117 e. The fourth-order valence-corrected chi connectivity index (χ4v) is 2.19. The molecule has 1 heterocycles. The van der Waals surface area contributed by atoms with Crippen molar-refractivity contribution in [2.75, 3.05) is 13.1 Å². The Labute approximate surface area is 104 Å². The van der Waals surface area contributed by atoms with E-state index in [0.29, 0.717) is 5.92 Å². The fraction of sp³-hybridized carbons (Fsp3) is 0.714. The molecule has 1 fully saturated rings. The smallest absolute Gasteiger partial charge is 0.117 e. The van der Waals surface area contributed by atoms with Crippen LogP contribution in [0.15, 0.2) is 22.8 Å². The monoisotopic (exact) mass is 236 g/mol. The van der Waals surface area contributed by atoms with Gasteiger partial charge in [0.25, 0.3) is 0 Å². The molecule has 0 bridgehead atoms. The van der Waals surface area contributed by atoms with E-state index in [0.717, 1.165) is 24.9 Å². The van der Waals surface area contributed by atoms with Crippen LogP contribution in [0.25, 0.3) is 0 Å². The third-order valence-electron chi connectivity index (χ3n) is 3.55. The zero-order valence-corrected chi connectivity index (χ0v) is 10.8. The summed E-state index contributed by atoms with van der Waals surface area (Å²) in [6.45, 7) is 5.18. The first-order chi connectivity index (χ1) is 8.29. The molecular weight excluding hydrogens is 212 g/mol. The van der Waals surface area contributed by atoms with E-state index in [-0.39, 0.29) is 0 Å².